The number of likely N-dealkylation sites (tertiary alicyclic amines) is 1. The highest BCUT2D eigenvalue weighted by molar-refractivity contribution is 7.14. The van der Waals surface area contributed by atoms with Crippen LogP contribution in [0.1, 0.15) is 107 Å². The molecule has 2 aliphatic rings. The predicted octanol–water partition coefficient (Wildman–Crippen LogP) is 7.55. The van der Waals surface area contributed by atoms with Crippen molar-refractivity contribution in [2.24, 2.45) is 11.3 Å². The van der Waals surface area contributed by atoms with Crippen molar-refractivity contribution in [1.29, 1.82) is 0 Å². The predicted molar refractivity (Wildman–Crippen MR) is 174 cm³/mol. The number of carbonyl (C=O) groups excluding carboxylic acids is 2. The van der Waals surface area contributed by atoms with Crippen molar-refractivity contribution in [3.63, 3.8) is 0 Å². The molecule has 0 atom stereocenters. The topological polar surface area (TPSA) is 79.3 Å². The monoisotopic (exact) mass is 589 g/mol. The fourth-order valence-corrected chi connectivity index (χ4v) is 7.16. The van der Waals surface area contributed by atoms with Crippen LogP contribution in [-0.2, 0) is 5.54 Å². The molecule has 5 rings (SSSR count). The fraction of sp³-hybridized carbons (Fsp3) is 0.559. The van der Waals surface area contributed by atoms with Gasteiger partial charge in [0.05, 0.1) is 0 Å². The maximum absolute atomic E-state index is 13.4. The summed E-state index contributed by atoms with van der Waals surface area (Å²) in [5.74, 6) is -0.0634. The second-order valence-electron chi connectivity index (χ2n) is 13.8. The molecule has 1 aromatic carbocycles. The number of piperidine rings is 1. The maximum atomic E-state index is 13.4. The molecule has 2 fully saturated rings. The molecule has 1 aliphatic heterocycles. The third kappa shape index (κ3) is 6.35. The lowest BCUT2D eigenvalue weighted by molar-refractivity contribution is 0.0890. The van der Waals surface area contributed by atoms with Gasteiger partial charge >= 0.3 is 0 Å². The first-order valence-electron chi connectivity index (χ1n) is 15.5. The minimum atomic E-state index is -0.222. The number of amides is 2. The molecule has 3 heterocycles. The van der Waals surface area contributed by atoms with E-state index in [9.17, 15) is 9.59 Å². The van der Waals surface area contributed by atoms with Crippen LogP contribution >= 0.6 is 11.3 Å². The highest BCUT2D eigenvalue weighted by Gasteiger charge is 2.39. The van der Waals surface area contributed by atoms with E-state index < -0.39 is 0 Å². The molecule has 8 heteroatoms. The van der Waals surface area contributed by atoms with Gasteiger partial charge in [-0.15, -0.1) is 11.3 Å². The molecule has 3 aromatic rings. The first-order valence-corrected chi connectivity index (χ1v) is 16.4. The molecule has 0 bridgehead atoms. The van der Waals surface area contributed by atoms with E-state index in [2.05, 4.69) is 79.3 Å². The van der Waals surface area contributed by atoms with Crippen molar-refractivity contribution in [3.8, 4) is 0 Å². The Morgan fingerprint density at radius 3 is 2.45 bits per heavy atom. The number of allylic oxidation sites excluding steroid dienone is 1. The number of carbonyl (C=O) groups is 2. The normalized spacial score (nSPS) is 17.8. The molecular weight excluding hydrogens is 542 g/mol. The van der Waals surface area contributed by atoms with Gasteiger partial charge in [0, 0.05) is 58.8 Å². The minimum absolute atomic E-state index is 0.0742. The molecular formula is C34H47N5O2S. The van der Waals surface area contributed by atoms with Gasteiger partial charge in [-0.05, 0) is 73.6 Å². The average molecular weight is 590 g/mol. The highest BCUT2D eigenvalue weighted by Crippen LogP contribution is 2.47. The molecule has 226 valence electrons. The molecule has 0 spiro atoms. The first kappa shape index (κ1) is 30.5. The lowest BCUT2D eigenvalue weighted by Gasteiger charge is -2.45. The summed E-state index contributed by atoms with van der Waals surface area (Å²) in [5.41, 5.74) is 4.66. The third-order valence-electron chi connectivity index (χ3n) is 9.09. The van der Waals surface area contributed by atoms with Gasteiger partial charge < -0.3 is 14.8 Å². The average Bonchev–Trinajstić information content (AvgIpc) is 3.53. The van der Waals surface area contributed by atoms with Crippen LogP contribution in [0.15, 0.2) is 36.2 Å². The maximum Gasteiger partial charge on any atom is 0.271 e. The van der Waals surface area contributed by atoms with Gasteiger partial charge in [0.2, 0.25) is 0 Å². The standard InChI is InChI=1S/C34H47N5O2S/c1-8-34(14-9-15-34)39-28(23(4)22(2)3)18-24-10-11-25(19-29(24)39)30(40)37-32-36-27(20-42-32)31(41)35-26-12-16-38(17-13-26)21-33(5,6)7/h10-11,18-20,22,26H,4,8-9,12-17,21H2,1-3,5-7H3,(H,35,41)(H,36,37,40). The second kappa shape index (κ2) is 12.0. The summed E-state index contributed by atoms with van der Waals surface area (Å²) >= 11 is 1.28. The number of hydrogen-bond donors (Lipinski definition) is 2. The number of nitrogens with one attached hydrogen (secondary N) is 2. The highest BCUT2D eigenvalue weighted by atomic mass is 32.1. The van der Waals surface area contributed by atoms with Crippen LogP contribution < -0.4 is 10.6 Å². The van der Waals surface area contributed by atoms with E-state index in [1.54, 1.807) is 5.38 Å². The number of nitrogens with zero attached hydrogens (tertiary/aromatic N) is 3. The molecule has 0 radical (unpaired) electrons. The van der Waals surface area contributed by atoms with Gasteiger partial charge in [0.25, 0.3) is 11.8 Å². The zero-order valence-corrected chi connectivity index (χ0v) is 27.0. The van der Waals surface area contributed by atoms with Gasteiger partial charge in [-0.1, -0.05) is 54.2 Å². The Hall–Kier alpha value is -2.97. The summed E-state index contributed by atoms with van der Waals surface area (Å²) in [5, 5.41) is 9.36. The van der Waals surface area contributed by atoms with E-state index in [1.165, 1.54) is 23.5 Å². The van der Waals surface area contributed by atoms with E-state index in [4.69, 9.17) is 0 Å². The number of rotatable bonds is 9. The zero-order chi connectivity index (χ0) is 30.2. The largest absolute Gasteiger partial charge is 0.348 e. The minimum Gasteiger partial charge on any atom is -0.348 e. The Balaban J connectivity index is 1.27. The molecule has 1 saturated carbocycles. The summed E-state index contributed by atoms with van der Waals surface area (Å²) in [7, 11) is 0. The number of anilines is 1. The lowest BCUT2D eigenvalue weighted by atomic mass is 9.74. The summed E-state index contributed by atoms with van der Waals surface area (Å²) in [6, 6.07) is 8.29. The van der Waals surface area contributed by atoms with Crippen molar-refractivity contribution in [3.05, 3.63) is 53.2 Å². The summed E-state index contributed by atoms with van der Waals surface area (Å²) in [4.78, 5) is 33.2. The lowest BCUT2D eigenvalue weighted by Crippen LogP contribution is -2.46. The van der Waals surface area contributed by atoms with Crippen molar-refractivity contribution in [2.75, 3.05) is 25.0 Å². The first-order chi connectivity index (χ1) is 19.9. The Kier molecular flexibility index (Phi) is 8.68. The van der Waals surface area contributed by atoms with Crippen LogP contribution in [-0.4, -0.2) is 51.9 Å². The van der Waals surface area contributed by atoms with E-state index in [1.807, 2.05) is 18.2 Å². The van der Waals surface area contributed by atoms with Gasteiger partial charge in [-0.25, -0.2) is 4.98 Å². The molecule has 2 amide bonds. The van der Waals surface area contributed by atoms with Crippen LogP contribution in [0.5, 0.6) is 0 Å². The van der Waals surface area contributed by atoms with Crippen molar-refractivity contribution < 1.29 is 9.59 Å². The van der Waals surface area contributed by atoms with Crippen LogP contribution in [0.2, 0.25) is 0 Å². The van der Waals surface area contributed by atoms with E-state index in [-0.39, 0.29) is 28.8 Å². The van der Waals surface area contributed by atoms with Crippen molar-refractivity contribution in [2.45, 2.75) is 91.6 Å². The SMILES string of the molecule is C=C(c1cc2ccc(C(=O)Nc3nc(C(=O)NC4CCN(CC(C)(C)C)CC4)cs3)cc2n1C1(CC)CCC1)C(C)C. The van der Waals surface area contributed by atoms with Crippen LogP contribution in [0.4, 0.5) is 5.13 Å². The third-order valence-corrected chi connectivity index (χ3v) is 9.85. The van der Waals surface area contributed by atoms with Gasteiger partial charge in [0.1, 0.15) is 5.69 Å². The van der Waals surface area contributed by atoms with E-state index in [0.717, 1.165) is 68.2 Å². The van der Waals surface area contributed by atoms with Crippen LogP contribution in [0.3, 0.4) is 0 Å². The number of thiazole rings is 1. The molecule has 0 unspecified atom stereocenters. The molecule has 42 heavy (non-hydrogen) atoms. The quantitative estimate of drug-likeness (QED) is 0.270. The second-order valence-corrected chi connectivity index (χ2v) is 14.7. The van der Waals surface area contributed by atoms with Crippen LogP contribution in [0, 0.1) is 11.3 Å². The van der Waals surface area contributed by atoms with E-state index in [0.29, 0.717) is 22.3 Å². The Morgan fingerprint density at radius 2 is 1.86 bits per heavy atom. The van der Waals surface area contributed by atoms with Crippen molar-refractivity contribution in [1.82, 2.24) is 19.8 Å². The Labute approximate surface area is 254 Å². The Bertz CT molecular complexity index is 1460. The fourth-order valence-electron chi connectivity index (χ4n) is 6.48. The summed E-state index contributed by atoms with van der Waals surface area (Å²) in [6.45, 7) is 20.9. The number of hydrogen-bond acceptors (Lipinski definition) is 5. The van der Waals surface area contributed by atoms with Gasteiger partial charge in [-0.3, -0.25) is 14.9 Å². The smallest absolute Gasteiger partial charge is 0.271 e. The number of aromatic nitrogens is 2. The van der Waals surface area contributed by atoms with Gasteiger partial charge in [0.15, 0.2) is 5.13 Å². The molecule has 7 nitrogen and oxygen atoms in total. The number of fused-ring (bicyclic) bond motifs is 1. The zero-order valence-electron chi connectivity index (χ0n) is 26.2. The molecule has 1 aliphatic carbocycles. The summed E-state index contributed by atoms with van der Waals surface area (Å²) < 4.78 is 2.46. The van der Waals surface area contributed by atoms with Crippen LogP contribution in [0.25, 0.3) is 16.5 Å². The summed E-state index contributed by atoms with van der Waals surface area (Å²) in [6.07, 6.45) is 6.42. The Morgan fingerprint density at radius 1 is 1.14 bits per heavy atom. The van der Waals surface area contributed by atoms with E-state index >= 15 is 0 Å². The van der Waals surface area contributed by atoms with Crippen molar-refractivity contribution >= 4 is 44.8 Å². The molecule has 2 N–H and O–H groups in total. The van der Waals surface area contributed by atoms with Gasteiger partial charge in [-0.2, -0.15) is 0 Å². The molecule has 1 saturated heterocycles. The molecule has 2 aromatic heterocycles. The number of benzene rings is 1.